The summed E-state index contributed by atoms with van der Waals surface area (Å²) in [5.41, 5.74) is -0.436. The number of carbonyl (C=O) groups excluding carboxylic acids is 3. The van der Waals surface area contributed by atoms with Gasteiger partial charge in [-0.25, -0.2) is 5.01 Å². The Hall–Kier alpha value is -1.39. The molecule has 0 aromatic rings. The standard InChI is InChI=1S/C9H14N2O3/c1-6(12)10(7(2)13)11-8(14)5-9(11,3)4/h5H2,1-4H3. The fraction of sp³-hybridized carbons (Fsp3) is 0.667. The Balaban J connectivity index is 2.94. The van der Waals surface area contributed by atoms with Crippen LogP contribution in [-0.2, 0) is 14.4 Å². The first-order valence-electron chi connectivity index (χ1n) is 4.41. The van der Waals surface area contributed by atoms with Gasteiger partial charge in [0.2, 0.25) is 17.7 Å². The summed E-state index contributed by atoms with van der Waals surface area (Å²) < 4.78 is 0. The zero-order valence-electron chi connectivity index (χ0n) is 8.83. The molecule has 0 N–H and O–H groups in total. The van der Waals surface area contributed by atoms with Crippen molar-refractivity contribution in [3.8, 4) is 0 Å². The Morgan fingerprint density at radius 2 is 1.71 bits per heavy atom. The maximum Gasteiger partial charge on any atom is 0.245 e. The molecule has 0 unspecified atom stereocenters. The highest BCUT2D eigenvalue weighted by Gasteiger charge is 2.49. The molecule has 1 saturated heterocycles. The number of hydrogen-bond acceptors (Lipinski definition) is 3. The van der Waals surface area contributed by atoms with Gasteiger partial charge >= 0.3 is 0 Å². The van der Waals surface area contributed by atoms with Crippen molar-refractivity contribution in [2.75, 3.05) is 0 Å². The number of carbonyl (C=O) groups is 3. The number of nitrogens with zero attached hydrogens (tertiary/aromatic N) is 2. The normalized spacial score (nSPS) is 18.9. The molecule has 1 aliphatic rings. The van der Waals surface area contributed by atoms with E-state index in [9.17, 15) is 14.4 Å². The molecule has 78 valence electrons. The van der Waals surface area contributed by atoms with Crippen LogP contribution in [0.2, 0.25) is 0 Å². The van der Waals surface area contributed by atoms with Crippen LogP contribution in [0.5, 0.6) is 0 Å². The molecule has 1 heterocycles. The predicted octanol–water partition coefficient (Wildman–Crippen LogP) is 0.307. The van der Waals surface area contributed by atoms with Crippen LogP contribution in [0.25, 0.3) is 0 Å². The number of hydrazine groups is 1. The first-order valence-corrected chi connectivity index (χ1v) is 4.41. The molecule has 0 aromatic heterocycles. The van der Waals surface area contributed by atoms with E-state index in [0.29, 0.717) is 6.42 Å². The summed E-state index contributed by atoms with van der Waals surface area (Å²) in [6, 6.07) is 0. The van der Waals surface area contributed by atoms with Crippen LogP contribution in [0, 0.1) is 0 Å². The minimum absolute atomic E-state index is 0.194. The van der Waals surface area contributed by atoms with Gasteiger partial charge in [-0.2, -0.15) is 5.01 Å². The number of hydrogen-bond donors (Lipinski definition) is 0. The van der Waals surface area contributed by atoms with E-state index in [4.69, 9.17) is 0 Å². The van der Waals surface area contributed by atoms with E-state index < -0.39 is 17.4 Å². The van der Waals surface area contributed by atoms with E-state index in [0.717, 1.165) is 5.01 Å². The third kappa shape index (κ3) is 1.49. The molecule has 5 heteroatoms. The smallest absolute Gasteiger partial charge is 0.245 e. The second kappa shape index (κ2) is 3.08. The molecule has 0 spiro atoms. The summed E-state index contributed by atoms with van der Waals surface area (Å²) in [5, 5.41) is 2.11. The quantitative estimate of drug-likeness (QED) is 0.570. The van der Waals surface area contributed by atoms with E-state index in [1.54, 1.807) is 0 Å². The van der Waals surface area contributed by atoms with Gasteiger partial charge in [0.05, 0.1) is 12.0 Å². The summed E-state index contributed by atoms with van der Waals surface area (Å²) in [6.45, 7) is 6.16. The molecular weight excluding hydrogens is 184 g/mol. The molecule has 1 fully saturated rings. The van der Waals surface area contributed by atoms with E-state index in [2.05, 4.69) is 0 Å². The largest absolute Gasteiger partial charge is 0.273 e. The lowest BCUT2D eigenvalue weighted by atomic mass is 9.90. The van der Waals surface area contributed by atoms with Crippen molar-refractivity contribution in [2.24, 2.45) is 0 Å². The predicted molar refractivity (Wildman–Crippen MR) is 48.7 cm³/mol. The third-order valence-electron chi connectivity index (χ3n) is 2.19. The summed E-state index contributed by atoms with van der Waals surface area (Å²) >= 11 is 0. The van der Waals surface area contributed by atoms with Gasteiger partial charge in [0.25, 0.3) is 0 Å². The molecule has 5 nitrogen and oxygen atoms in total. The van der Waals surface area contributed by atoms with E-state index in [-0.39, 0.29) is 5.91 Å². The highest BCUT2D eigenvalue weighted by Crippen LogP contribution is 2.32. The van der Waals surface area contributed by atoms with E-state index >= 15 is 0 Å². The molecule has 0 atom stereocenters. The van der Waals surface area contributed by atoms with Gasteiger partial charge in [-0.3, -0.25) is 14.4 Å². The monoisotopic (exact) mass is 198 g/mol. The van der Waals surface area contributed by atoms with Crippen LogP contribution in [0.4, 0.5) is 0 Å². The van der Waals surface area contributed by atoms with Gasteiger partial charge in [-0.1, -0.05) is 0 Å². The van der Waals surface area contributed by atoms with Crippen LogP contribution in [-0.4, -0.2) is 33.3 Å². The van der Waals surface area contributed by atoms with Crippen molar-refractivity contribution in [3.63, 3.8) is 0 Å². The van der Waals surface area contributed by atoms with Gasteiger partial charge in [0, 0.05) is 13.8 Å². The Morgan fingerprint density at radius 1 is 1.29 bits per heavy atom. The maximum absolute atomic E-state index is 11.3. The average Bonchev–Trinajstić information content (AvgIpc) is 1.97. The molecule has 14 heavy (non-hydrogen) atoms. The Bertz CT molecular complexity index is 295. The molecule has 0 aliphatic carbocycles. The minimum Gasteiger partial charge on any atom is -0.273 e. The zero-order valence-corrected chi connectivity index (χ0v) is 8.83. The lowest BCUT2D eigenvalue weighted by Gasteiger charge is -2.50. The van der Waals surface area contributed by atoms with Gasteiger partial charge in [0.15, 0.2) is 0 Å². The van der Waals surface area contributed by atoms with Gasteiger partial charge in [-0.05, 0) is 13.8 Å². The lowest BCUT2D eigenvalue weighted by molar-refractivity contribution is -0.199. The molecule has 1 aliphatic heterocycles. The van der Waals surface area contributed by atoms with Crippen molar-refractivity contribution in [1.82, 2.24) is 10.0 Å². The maximum atomic E-state index is 11.3. The number of amides is 3. The second-order valence-corrected chi connectivity index (χ2v) is 4.04. The molecule has 0 aromatic carbocycles. The number of β-lactam (4-membered cyclic amide) rings is 1. The van der Waals surface area contributed by atoms with Crippen molar-refractivity contribution in [1.29, 1.82) is 0 Å². The number of imide groups is 1. The van der Waals surface area contributed by atoms with Gasteiger partial charge in [-0.15, -0.1) is 0 Å². The third-order valence-corrected chi connectivity index (χ3v) is 2.19. The van der Waals surface area contributed by atoms with Crippen LogP contribution >= 0.6 is 0 Å². The van der Waals surface area contributed by atoms with Crippen molar-refractivity contribution < 1.29 is 14.4 Å². The first-order chi connectivity index (χ1) is 6.27. The van der Waals surface area contributed by atoms with Crippen molar-refractivity contribution in [2.45, 2.75) is 39.7 Å². The summed E-state index contributed by atoms with van der Waals surface area (Å²) in [5.74, 6) is -1.06. The van der Waals surface area contributed by atoms with Crippen molar-refractivity contribution >= 4 is 17.7 Å². The lowest BCUT2D eigenvalue weighted by Crippen LogP contribution is -2.68. The Labute approximate surface area is 82.6 Å². The summed E-state index contributed by atoms with van der Waals surface area (Å²) in [7, 11) is 0. The highest BCUT2D eigenvalue weighted by molar-refractivity contribution is 5.97. The SMILES string of the molecule is CC(=O)N(C(C)=O)N1C(=O)CC1(C)C. The van der Waals surface area contributed by atoms with Crippen LogP contribution in [0.3, 0.4) is 0 Å². The topological polar surface area (TPSA) is 57.7 Å². The molecule has 3 amide bonds. The molecule has 0 bridgehead atoms. The van der Waals surface area contributed by atoms with E-state index in [1.165, 1.54) is 18.9 Å². The van der Waals surface area contributed by atoms with Crippen LogP contribution < -0.4 is 0 Å². The second-order valence-electron chi connectivity index (χ2n) is 4.04. The fourth-order valence-electron chi connectivity index (χ4n) is 1.65. The Kier molecular flexibility index (Phi) is 2.35. The molecule has 1 rings (SSSR count). The fourth-order valence-corrected chi connectivity index (χ4v) is 1.65. The average molecular weight is 198 g/mol. The van der Waals surface area contributed by atoms with E-state index in [1.807, 2.05) is 13.8 Å². The number of rotatable bonds is 1. The van der Waals surface area contributed by atoms with Gasteiger partial charge < -0.3 is 0 Å². The summed E-state index contributed by atoms with van der Waals surface area (Å²) in [6.07, 6.45) is 0.365. The summed E-state index contributed by atoms with van der Waals surface area (Å²) in [4.78, 5) is 33.6. The Morgan fingerprint density at radius 3 is 1.86 bits per heavy atom. The van der Waals surface area contributed by atoms with Crippen LogP contribution in [0.15, 0.2) is 0 Å². The highest BCUT2D eigenvalue weighted by atomic mass is 16.2. The first kappa shape index (κ1) is 10.7. The molecular formula is C9H14N2O3. The molecule has 0 radical (unpaired) electrons. The zero-order chi connectivity index (χ0) is 11.1. The van der Waals surface area contributed by atoms with Gasteiger partial charge in [0.1, 0.15) is 0 Å². The van der Waals surface area contributed by atoms with Crippen molar-refractivity contribution in [3.05, 3.63) is 0 Å². The van der Waals surface area contributed by atoms with Crippen LogP contribution in [0.1, 0.15) is 34.1 Å². The minimum atomic E-state index is -0.436. The molecule has 0 saturated carbocycles.